The first kappa shape index (κ1) is 12.9. The summed E-state index contributed by atoms with van der Waals surface area (Å²) in [5, 5.41) is 9.07. The fourth-order valence-corrected chi connectivity index (χ4v) is 2.29. The van der Waals surface area contributed by atoms with Crippen molar-refractivity contribution in [3.05, 3.63) is 23.9 Å². The number of nitrogens with one attached hydrogen (secondary N) is 1. The van der Waals surface area contributed by atoms with Crippen LogP contribution in [0.3, 0.4) is 0 Å². The summed E-state index contributed by atoms with van der Waals surface area (Å²) in [6.07, 6.45) is 3.71. The normalized spacial score (nSPS) is 15.2. The lowest BCUT2D eigenvalue weighted by Crippen LogP contribution is -2.38. The number of pyridine rings is 1. The summed E-state index contributed by atoms with van der Waals surface area (Å²) >= 11 is 0. The van der Waals surface area contributed by atoms with Crippen molar-refractivity contribution in [2.75, 3.05) is 26.2 Å². The van der Waals surface area contributed by atoms with Gasteiger partial charge in [-0.15, -0.1) is 0 Å². The molecule has 1 saturated heterocycles. The Kier molecular flexibility index (Phi) is 3.56. The maximum absolute atomic E-state index is 11.1. The van der Waals surface area contributed by atoms with Crippen LogP contribution in [0, 0.1) is 0 Å². The monoisotopic (exact) mass is 275 g/mol. The van der Waals surface area contributed by atoms with Crippen LogP contribution in [0.15, 0.2) is 18.3 Å². The van der Waals surface area contributed by atoms with Crippen molar-refractivity contribution in [1.82, 2.24) is 14.9 Å². The van der Waals surface area contributed by atoms with Crippen molar-refractivity contribution in [3.8, 4) is 5.88 Å². The molecule has 1 fully saturated rings. The molecule has 6 nitrogen and oxygen atoms in total. The number of fused-ring (bicyclic) bond motifs is 1. The predicted octanol–water partition coefficient (Wildman–Crippen LogP) is 1.74. The number of aromatic amines is 1. The Hall–Kier alpha value is -2.08. The van der Waals surface area contributed by atoms with Gasteiger partial charge in [-0.1, -0.05) is 0 Å². The Morgan fingerprint density at radius 2 is 2.30 bits per heavy atom. The molecular formula is C14H17N3O3. The smallest absolute Gasteiger partial charge is 0.339 e. The van der Waals surface area contributed by atoms with Gasteiger partial charge >= 0.3 is 5.97 Å². The standard InChI is InChI=1S/C14H17N3O3/c18-14(19)10-9-15-11-3-4-12(16-13(10)11)20-8-2-7-17-5-1-6-17/h3-4,9,15H,1-2,5-8H2,(H,18,19). The van der Waals surface area contributed by atoms with E-state index in [1.54, 1.807) is 12.1 Å². The van der Waals surface area contributed by atoms with Gasteiger partial charge in [0.15, 0.2) is 0 Å². The molecule has 0 atom stereocenters. The van der Waals surface area contributed by atoms with Gasteiger partial charge in [-0.2, -0.15) is 0 Å². The van der Waals surface area contributed by atoms with E-state index in [4.69, 9.17) is 9.84 Å². The SMILES string of the molecule is O=C(O)c1c[nH]c2ccc(OCCCN3CCC3)nc12. The number of rotatable bonds is 6. The zero-order valence-corrected chi connectivity index (χ0v) is 11.1. The van der Waals surface area contributed by atoms with Crippen LogP contribution in [-0.4, -0.2) is 52.2 Å². The molecule has 3 rings (SSSR count). The van der Waals surface area contributed by atoms with Crippen LogP contribution in [0.1, 0.15) is 23.2 Å². The summed E-state index contributed by atoms with van der Waals surface area (Å²) in [5.41, 5.74) is 1.32. The molecule has 0 bridgehead atoms. The van der Waals surface area contributed by atoms with E-state index in [1.807, 2.05) is 0 Å². The highest BCUT2D eigenvalue weighted by atomic mass is 16.5. The average Bonchev–Trinajstić information content (AvgIpc) is 2.79. The van der Waals surface area contributed by atoms with Crippen LogP contribution in [-0.2, 0) is 0 Å². The Balaban J connectivity index is 1.62. The fourth-order valence-electron chi connectivity index (χ4n) is 2.29. The first-order valence-corrected chi connectivity index (χ1v) is 6.80. The number of carboxylic acid groups (broad SMARTS) is 1. The van der Waals surface area contributed by atoms with Crippen LogP contribution in [0.4, 0.5) is 0 Å². The highest BCUT2D eigenvalue weighted by Crippen LogP contribution is 2.19. The lowest BCUT2D eigenvalue weighted by molar-refractivity contribution is 0.0699. The zero-order valence-electron chi connectivity index (χ0n) is 11.1. The minimum atomic E-state index is -0.987. The lowest BCUT2D eigenvalue weighted by Gasteiger charge is -2.30. The second-order valence-electron chi connectivity index (χ2n) is 4.95. The molecule has 0 aromatic carbocycles. The molecule has 20 heavy (non-hydrogen) atoms. The number of aromatic nitrogens is 2. The molecule has 2 aromatic heterocycles. The molecule has 0 unspecified atom stereocenters. The molecule has 0 amide bonds. The molecule has 6 heteroatoms. The highest BCUT2D eigenvalue weighted by Gasteiger charge is 2.14. The van der Waals surface area contributed by atoms with Crippen molar-refractivity contribution < 1.29 is 14.6 Å². The number of H-pyrrole nitrogens is 1. The van der Waals surface area contributed by atoms with E-state index in [2.05, 4.69) is 14.9 Å². The van der Waals surface area contributed by atoms with E-state index < -0.39 is 5.97 Å². The second kappa shape index (κ2) is 5.50. The Morgan fingerprint density at radius 1 is 1.45 bits per heavy atom. The molecule has 2 aromatic rings. The Bertz CT molecular complexity index is 619. The lowest BCUT2D eigenvalue weighted by atomic mass is 10.2. The third kappa shape index (κ3) is 2.60. The minimum Gasteiger partial charge on any atom is -0.478 e. The predicted molar refractivity (Wildman–Crippen MR) is 74.2 cm³/mol. The molecule has 2 N–H and O–H groups in total. The molecule has 0 spiro atoms. The molecule has 3 heterocycles. The molecular weight excluding hydrogens is 258 g/mol. The molecule has 0 saturated carbocycles. The quantitative estimate of drug-likeness (QED) is 0.785. The summed E-state index contributed by atoms with van der Waals surface area (Å²) in [6, 6.07) is 3.55. The second-order valence-corrected chi connectivity index (χ2v) is 4.95. The Morgan fingerprint density at radius 3 is 3.00 bits per heavy atom. The van der Waals surface area contributed by atoms with Crippen molar-refractivity contribution in [2.45, 2.75) is 12.8 Å². The van der Waals surface area contributed by atoms with Crippen LogP contribution in [0.25, 0.3) is 11.0 Å². The summed E-state index contributed by atoms with van der Waals surface area (Å²) in [6.45, 7) is 4.03. The van der Waals surface area contributed by atoms with E-state index in [9.17, 15) is 4.79 Å². The van der Waals surface area contributed by atoms with Gasteiger partial charge in [0.2, 0.25) is 5.88 Å². The summed E-state index contributed by atoms with van der Waals surface area (Å²) in [7, 11) is 0. The minimum absolute atomic E-state index is 0.172. The van der Waals surface area contributed by atoms with Crippen LogP contribution in [0.5, 0.6) is 5.88 Å². The van der Waals surface area contributed by atoms with Gasteiger partial charge in [-0.3, -0.25) is 0 Å². The number of hydrogen-bond donors (Lipinski definition) is 2. The first-order chi connectivity index (χ1) is 9.74. The van der Waals surface area contributed by atoms with Crippen molar-refractivity contribution in [1.29, 1.82) is 0 Å². The topological polar surface area (TPSA) is 78.4 Å². The maximum atomic E-state index is 11.1. The number of nitrogens with zero attached hydrogens (tertiary/aromatic N) is 2. The third-order valence-corrected chi connectivity index (χ3v) is 3.54. The number of ether oxygens (including phenoxy) is 1. The number of carboxylic acids is 1. The zero-order chi connectivity index (χ0) is 13.9. The van der Waals surface area contributed by atoms with E-state index in [0.29, 0.717) is 23.5 Å². The largest absolute Gasteiger partial charge is 0.478 e. The maximum Gasteiger partial charge on any atom is 0.339 e. The fraction of sp³-hybridized carbons (Fsp3) is 0.429. The molecule has 106 valence electrons. The van der Waals surface area contributed by atoms with Gasteiger partial charge in [0.1, 0.15) is 11.1 Å². The number of hydrogen-bond acceptors (Lipinski definition) is 4. The van der Waals surface area contributed by atoms with Crippen LogP contribution in [0.2, 0.25) is 0 Å². The number of aromatic carboxylic acids is 1. The van der Waals surface area contributed by atoms with E-state index in [1.165, 1.54) is 25.7 Å². The number of likely N-dealkylation sites (tertiary alicyclic amines) is 1. The van der Waals surface area contributed by atoms with E-state index >= 15 is 0 Å². The molecule has 0 aliphatic carbocycles. The third-order valence-electron chi connectivity index (χ3n) is 3.54. The van der Waals surface area contributed by atoms with Gasteiger partial charge in [0, 0.05) is 18.8 Å². The van der Waals surface area contributed by atoms with Crippen LogP contribution >= 0.6 is 0 Å². The molecule has 0 radical (unpaired) electrons. The summed E-state index contributed by atoms with van der Waals surface area (Å²) in [5.74, 6) is -0.512. The average molecular weight is 275 g/mol. The van der Waals surface area contributed by atoms with Crippen molar-refractivity contribution in [3.63, 3.8) is 0 Å². The van der Waals surface area contributed by atoms with E-state index in [-0.39, 0.29) is 5.56 Å². The van der Waals surface area contributed by atoms with Crippen molar-refractivity contribution >= 4 is 17.0 Å². The first-order valence-electron chi connectivity index (χ1n) is 6.80. The molecule has 1 aliphatic heterocycles. The van der Waals surface area contributed by atoms with Crippen molar-refractivity contribution in [2.24, 2.45) is 0 Å². The van der Waals surface area contributed by atoms with Gasteiger partial charge < -0.3 is 19.7 Å². The van der Waals surface area contributed by atoms with Crippen LogP contribution < -0.4 is 4.74 Å². The van der Waals surface area contributed by atoms with Gasteiger partial charge in [-0.05, 0) is 32.0 Å². The van der Waals surface area contributed by atoms with Gasteiger partial charge in [0.25, 0.3) is 0 Å². The van der Waals surface area contributed by atoms with E-state index in [0.717, 1.165) is 13.0 Å². The summed E-state index contributed by atoms with van der Waals surface area (Å²) < 4.78 is 5.59. The Labute approximate surface area is 116 Å². The summed E-state index contributed by atoms with van der Waals surface area (Å²) in [4.78, 5) is 20.6. The highest BCUT2D eigenvalue weighted by molar-refractivity contribution is 6.01. The molecule has 1 aliphatic rings. The van der Waals surface area contributed by atoms with Gasteiger partial charge in [-0.25, -0.2) is 9.78 Å². The number of carbonyl (C=O) groups is 1. The van der Waals surface area contributed by atoms with Gasteiger partial charge in [0.05, 0.1) is 12.1 Å².